The number of hydrogen-bond acceptors (Lipinski definition) is 3. The number of benzene rings is 1. The predicted molar refractivity (Wildman–Crippen MR) is 68.2 cm³/mol. The van der Waals surface area contributed by atoms with Crippen molar-refractivity contribution in [1.82, 2.24) is 10.6 Å². The molecule has 0 heterocycles. The van der Waals surface area contributed by atoms with E-state index in [1.807, 2.05) is 38.1 Å². The Morgan fingerprint density at radius 3 is 2.59 bits per heavy atom. The van der Waals surface area contributed by atoms with Crippen LogP contribution in [0.1, 0.15) is 12.5 Å². The lowest BCUT2D eigenvalue weighted by molar-refractivity contribution is -0.120. The molecule has 0 spiro atoms. The number of hydrogen-bond donors (Lipinski definition) is 2. The summed E-state index contributed by atoms with van der Waals surface area (Å²) in [6.45, 7) is 4.80. The quantitative estimate of drug-likeness (QED) is 0.777. The molecule has 0 bridgehead atoms. The fourth-order valence-corrected chi connectivity index (χ4v) is 1.37. The minimum atomic E-state index is -0.0430. The molecule has 0 aliphatic rings. The minimum Gasteiger partial charge on any atom is -0.489 e. The van der Waals surface area contributed by atoms with Gasteiger partial charge in [-0.05, 0) is 33.0 Å². The molecule has 1 amide bonds. The molecule has 1 rings (SSSR count). The second kappa shape index (κ2) is 6.91. The first-order valence-electron chi connectivity index (χ1n) is 5.76. The van der Waals surface area contributed by atoms with Gasteiger partial charge in [0.05, 0.1) is 13.1 Å². The molecule has 1 atom stereocenters. The lowest BCUT2D eigenvalue weighted by atomic mass is 10.2. The summed E-state index contributed by atoms with van der Waals surface area (Å²) >= 11 is 0. The molecule has 17 heavy (non-hydrogen) atoms. The summed E-state index contributed by atoms with van der Waals surface area (Å²) in [5, 5.41) is 5.58. The molecule has 0 radical (unpaired) electrons. The van der Waals surface area contributed by atoms with E-state index in [2.05, 4.69) is 10.6 Å². The number of carbonyl (C=O) groups excluding carboxylic acids is 1. The summed E-state index contributed by atoms with van der Waals surface area (Å²) in [4.78, 5) is 11.2. The van der Waals surface area contributed by atoms with Crippen LogP contribution in [0.5, 0.6) is 5.75 Å². The topological polar surface area (TPSA) is 50.4 Å². The van der Waals surface area contributed by atoms with Crippen molar-refractivity contribution in [1.29, 1.82) is 0 Å². The third-order valence-electron chi connectivity index (χ3n) is 2.28. The molecule has 0 aliphatic heterocycles. The van der Waals surface area contributed by atoms with Gasteiger partial charge in [0.15, 0.2) is 0 Å². The normalized spacial score (nSPS) is 11.9. The Morgan fingerprint density at radius 2 is 2.00 bits per heavy atom. The van der Waals surface area contributed by atoms with Gasteiger partial charge in [0, 0.05) is 0 Å². The van der Waals surface area contributed by atoms with Crippen molar-refractivity contribution in [2.75, 3.05) is 20.1 Å². The number of nitrogens with one attached hydrogen (secondary N) is 2. The van der Waals surface area contributed by atoms with E-state index in [1.165, 1.54) is 5.56 Å². The molecule has 1 unspecified atom stereocenters. The summed E-state index contributed by atoms with van der Waals surface area (Å²) in [5.74, 6) is 0.804. The van der Waals surface area contributed by atoms with Crippen molar-refractivity contribution in [3.63, 3.8) is 0 Å². The maximum atomic E-state index is 11.2. The van der Waals surface area contributed by atoms with Gasteiger partial charge in [-0.25, -0.2) is 0 Å². The van der Waals surface area contributed by atoms with E-state index in [4.69, 9.17) is 4.74 Å². The van der Waals surface area contributed by atoms with Crippen molar-refractivity contribution in [3.05, 3.63) is 29.8 Å². The molecule has 2 N–H and O–H groups in total. The van der Waals surface area contributed by atoms with E-state index in [0.29, 0.717) is 13.1 Å². The number of amides is 1. The molecule has 4 nitrogen and oxygen atoms in total. The molecule has 1 aromatic rings. The maximum absolute atomic E-state index is 11.2. The largest absolute Gasteiger partial charge is 0.489 e. The Bertz CT molecular complexity index is 349. The molecule has 94 valence electrons. The maximum Gasteiger partial charge on any atom is 0.234 e. The Labute approximate surface area is 102 Å². The predicted octanol–water partition coefficient (Wildman–Crippen LogP) is 1.10. The Balaban J connectivity index is 2.31. The molecule has 0 aliphatic carbocycles. The van der Waals surface area contributed by atoms with Gasteiger partial charge in [-0.1, -0.05) is 17.7 Å². The molecule has 0 fully saturated rings. The van der Waals surface area contributed by atoms with Gasteiger partial charge in [0.25, 0.3) is 0 Å². The smallest absolute Gasteiger partial charge is 0.234 e. The molecule has 0 aromatic heterocycles. The lowest BCUT2D eigenvalue weighted by Gasteiger charge is -2.15. The van der Waals surface area contributed by atoms with E-state index in [9.17, 15) is 4.79 Å². The van der Waals surface area contributed by atoms with Crippen LogP contribution in [-0.4, -0.2) is 32.1 Å². The molecule has 4 heteroatoms. The summed E-state index contributed by atoms with van der Waals surface area (Å²) in [5.41, 5.74) is 1.20. The average molecular weight is 236 g/mol. The van der Waals surface area contributed by atoms with Crippen LogP contribution in [0, 0.1) is 6.92 Å². The fraction of sp³-hybridized carbons (Fsp3) is 0.462. The van der Waals surface area contributed by atoms with Crippen LogP contribution in [0.3, 0.4) is 0 Å². The van der Waals surface area contributed by atoms with E-state index in [-0.39, 0.29) is 12.0 Å². The second-order valence-electron chi connectivity index (χ2n) is 4.08. The standard InChI is InChI=1S/C13H20N2O2/c1-10-4-6-12(7-5-10)17-11(2)8-15-13(16)9-14-3/h4-7,11,14H,8-9H2,1-3H3,(H,15,16). The summed E-state index contributed by atoms with van der Waals surface area (Å²) < 4.78 is 5.66. The highest BCUT2D eigenvalue weighted by atomic mass is 16.5. The fourth-order valence-electron chi connectivity index (χ4n) is 1.37. The highest BCUT2D eigenvalue weighted by Crippen LogP contribution is 2.12. The van der Waals surface area contributed by atoms with Gasteiger partial charge in [-0.2, -0.15) is 0 Å². The van der Waals surface area contributed by atoms with Crippen LogP contribution in [-0.2, 0) is 4.79 Å². The van der Waals surface area contributed by atoms with Crippen LogP contribution >= 0.6 is 0 Å². The van der Waals surface area contributed by atoms with Crippen LogP contribution in [0.4, 0.5) is 0 Å². The van der Waals surface area contributed by atoms with Crippen molar-refractivity contribution in [2.45, 2.75) is 20.0 Å². The number of carbonyl (C=O) groups is 1. The summed E-state index contributed by atoms with van der Waals surface area (Å²) in [6.07, 6.45) is -0.0430. The van der Waals surface area contributed by atoms with Gasteiger partial charge in [-0.3, -0.25) is 4.79 Å². The summed E-state index contributed by atoms with van der Waals surface area (Å²) in [6, 6.07) is 7.87. The highest BCUT2D eigenvalue weighted by Gasteiger charge is 2.06. The van der Waals surface area contributed by atoms with E-state index in [1.54, 1.807) is 7.05 Å². The van der Waals surface area contributed by atoms with Crippen LogP contribution in [0.25, 0.3) is 0 Å². The van der Waals surface area contributed by atoms with Crippen LogP contribution < -0.4 is 15.4 Å². The molecule has 0 saturated heterocycles. The second-order valence-corrected chi connectivity index (χ2v) is 4.08. The monoisotopic (exact) mass is 236 g/mol. The van der Waals surface area contributed by atoms with Gasteiger partial charge in [0.1, 0.15) is 11.9 Å². The zero-order valence-electron chi connectivity index (χ0n) is 10.6. The van der Waals surface area contributed by atoms with E-state index >= 15 is 0 Å². The number of likely N-dealkylation sites (N-methyl/N-ethyl adjacent to an activating group) is 1. The van der Waals surface area contributed by atoms with Crippen LogP contribution in [0.15, 0.2) is 24.3 Å². The van der Waals surface area contributed by atoms with E-state index < -0.39 is 0 Å². The molecular formula is C13H20N2O2. The van der Waals surface area contributed by atoms with Gasteiger partial charge < -0.3 is 15.4 Å². The van der Waals surface area contributed by atoms with Gasteiger partial charge >= 0.3 is 0 Å². The molecule has 0 saturated carbocycles. The minimum absolute atomic E-state index is 0.0214. The van der Waals surface area contributed by atoms with Gasteiger partial charge in [-0.15, -0.1) is 0 Å². The number of rotatable bonds is 6. The third-order valence-corrected chi connectivity index (χ3v) is 2.28. The third kappa shape index (κ3) is 5.36. The number of aryl methyl sites for hydroxylation is 1. The van der Waals surface area contributed by atoms with Crippen molar-refractivity contribution >= 4 is 5.91 Å². The SMILES string of the molecule is CNCC(=O)NCC(C)Oc1ccc(C)cc1. The van der Waals surface area contributed by atoms with Crippen molar-refractivity contribution in [3.8, 4) is 5.75 Å². The number of ether oxygens (including phenoxy) is 1. The van der Waals surface area contributed by atoms with Crippen LogP contribution in [0.2, 0.25) is 0 Å². The summed E-state index contributed by atoms with van der Waals surface area (Å²) in [7, 11) is 1.74. The Morgan fingerprint density at radius 1 is 1.35 bits per heavy atom. The zero-order valence-corrected chi connectivity index (χ0v) is 10.6. The van der Waals surface area contributed by atoms with Crippen molar-refractivity contribution in [2.24, 2.45) is 0 Å². The Kier molecular flexibility index (Phi) is 5.49. The highest BCUT2D eigenvalue weighted by molar-refractivity contribution is 5.77. The zero-order chi connectivity index (χ0) is 12.7. The first kappa shape index (κ1) is 13.5. The molecular weight excluding hydrogens is 216 g/mol. The van der Waals surface area contributed by atoms with Crippen molar-refractivity contribution < 1.29 is 9.53 Å². The first-order valence-corrected chi connectivity index (χ1v) is 5.76. The first-order chi connectivity index (χ1) is 8.11. The van der Waals surface area contributed by atoms with Gasteiger partial charge in [0.2, 0.25) is 5.91 Å². The molecule has 1 aromatic carbocycles. The Hall–Kier alpha value is -1.55. The lowest BCUT2D eigenvalue weighted by Crippen LogP contribution is -2.38. The van der Waals surface area contributed by atoms with E-state index in [0.717, 1.165) is 5.75 Å². The average Bonchev–Trinajstić information content (AvgIpc) is 2.30.